The van der Waals surface area contributed by atoms with Crippen molar-refractivity contribution >= 4 is 11.7 Å². The van der Waals surface area contributed by atoms with Crippen molar-refractivity contribution < 1.29 is 4.79 Å². The summed E-state index contributed by atoms with van der Waals surface area (Å²) in [5.74, 6) is 0.466. The Kier molecular flexibility index (Phi) is 5.44. The molecule has 24 heavy (non-hydrogen) atoms. The number of hydrogen-bond donors (Lipinski definition) is 0. The van der Waals surface area contributed by atoms with Crippen LogP contribution in [0, 0.1) is 11.3 Å². The second-order valence-electron chi connectivity index (χ2n) is 5.99. The van der Waals surface area contributed by atoms with Crippen LogP contribution in [0.3, 0.4) is 0 Å². The molecule has 1 amide bonds. The molecule has 1 aliphatic heterocycles. The van der Waals surface area contributed by atoms with E-state index in [-0.39, 0.29) is 11.5 Å². The van der Waals surface area contributed by atoms with Crippen LogP contribution in [-0.2, 0) is 18.9 Å². The van der Waals surface area contributed by atoms with Crippen LogP contribution in [0.5, 0.6) is 0 Å². The minimum Gasteiger partial charge on any atom is -0.355 e. The highest BCUT2D eigenvalue weighted by Gasteiger charge is 2.24. The van der Waals surface area contributed by atoms with E-state index in [0.717, 1.165) is 17.4 Å². The highest BCUT2D eigenvalue weighted by atomic mass is 16.2. The lowest BCUT2D eigenvalue weighted by Crippen LogP contribution is -2.43. The van der Waals surface area contributed by atoms with E-state index in [0.29, 0.717) is 38.4 Å². The van der Waals surface area contributed by atoms with Crippen molar-refractivity contribution in [3.05, 3.63) is 26.4 Å². The average molecular weight is 333 g/mol. The van der Waals surface area contributed by atoms with E-state index in [1.165, 1.54) is 11.6 Å². The topological polar surface area (TPSA) is 91.3 Å². The molecular formula is C16H23N5O3. The maximum atomic E-state index is 12.2. The van der Waals surface area contributed by atoms with Gasteiger partial charge in [-0.05, 0) is 12.8 Å². The molecule has 0 unspecified atom stereocenters. The molecule has 0 atom stereocenters. The van der Waals surface area contributed by atoms with Crippen LogP contribution >= 0.6 is 0 Å². The number of carbonyl (C=O) groups excluding carboxylic acids is 1. The summed E-state index contributed by atoms with van der Waals surface area (Å²) >= 11 is 0. The van der Waals surface area contributed by atoms with Gasteiger partial charge < -0.3 is 9.80 Å². The van der Waals surface area contributed by atoms with Gasteiger partial charge in [0.1, 0.15) is 11.9 Å². The first kappa shape index (κ1) is 17.8. The van der Waals surface area contributed by atoms with Crippen LogP contribution in [0.4, 0.5) is 5.82 Å². The molecule has 8 heteroatoms. The fraction of sp³-hybridized carbons (Fsp3) is 0.625. The van der Waals surface area contributed by atoms with Gasteiger partial charge in [0.2, 0.25) is 5.91 Å². The molecule has 130 valence electrons. The predicted molar refractivity (Wildman–Crippen MR) is 90.0 cm³/mol. The molecule has 2 rings (SSSR count). The summed E-state index contributed by atoms with van der Waals surface area (Å²) in [6.45, 7) is 4.22. The standard InChI is InChI=1S/C16H23N5O3/c1-4-6-13(22)20-7-5-8-21(10-9-20)14-12(11-17)15(23)19(3)16(24)18(14)2/h4-10H2,1-3H3. The minimum absolute atomic E-state index is 0.0343. The van der Waals surface area contributed by atoms with Gasteiger partial charge >= 0.3 is 5.69 Å². The van der Waals surface area contributed by atoms with Crippen molar-refractivity contribution in [3.63, 3.8) is 0 Å². The summed E-state index contributed by atoms with van der Waals surface area (Å²) in [5, 5.41) is 9.38. The van der Waals surface area contributed by atoms with E-state index < -0.39 is 11.2 Å². The number of carbonyl (C=O) groups is 1. The zero-order valence-electron chi connectivity index (χ0n) is 14.4. The molecule has 0 N–H and O–H groups in total. The number of anilines is 1. The number of rotatable bonds is 3. The first-order valence-electron chi connectivity index (χ1n) is 8.15. The van der Waals surface area contributed by atoms with E-state index in [9.17, 15) is 19.6 Å². The Labute approximate surface area is 140 Å². The number of hydrogen-bond acceptors (Lipinski definition) is 5. The van der Waals surface area contributed by atoms with E-state index in [1.54, 1.807) is 7.05 Å². The molecule has 1 aliphatic rings. The van der Waals surface area contributed by atoms with Gasteiger partial charge in [0.25, 0.3) is 5.56 Å². The molecule has 0 spiro atoms. The molecule has 1 aromatic rings. The summed E-state index contributed by atoms with van der Waals surface area (Å²) in [5.41, 5.74) is -1.08. The summed E-state index contributed by atoms with van der Waals surface area (Å²) in [4.78, 5) is 40.2. The van der Waals surface area contributed by atoms with Crippen molar-refractivity contribution in [1.29, 1.82) is 5.26 Å². The van der Waals surface area contributed by atoms with Gasteiger partial charge in [-0.15, -0.1) is 0 Å². The monoisotopic (exact) mass is 333 g/mol. The van der Waals surface area contributed by atoms with Crippen LogP contribution < -0.4 is 16.1 Å². The van der Waals surface area contributed by atoms with Gasteiger partial charge in [-0.3, -0.25) is 18.7 Å². The quantitative estimate of drug-likeness (QED) is 0.763. The molecule has 2 heterocycles. The number of aromatic nitrogens is 2. The van der Waals surface area contributed by atoms with Gasteiger partial charge in [-0.1, -0.05) is 6.92 Å². The van der Waals surface area contributed by atoms with Crippen molar-refractivity contribution in [3.8, 4) is 6.07 Å². The van der Waals surface area contributed by atoms with Crippen LogP contribution in [-0.4, -0.2) is 46.1 Å². The molecular weight excluding hydrogens is 310 g/mol. The Hall–Kier alpha value is -2.56. The normalized spacial score (nSPS) is 15.1. The number of nitriles is 1. The number of amides is 1. The zero-order chi connectivity index (χ0) is 17.9. The Morgan fingerprint density at radius 2 is 1.83 bits per heavy atom. The molecule has 1 fully saturated rings. The fourth-order valence-electron chi connectivity index (χ4n) is 3.05. The fourth-order valence-corrected chi connectivity index (χ4v) is 3.05. The van der Waals surface area contributed by atoms with Crippen molar-refractivity contribution in [2.24, 2.45) is 14.1 Å². The van der Waals surface area contributed by atoms with Crippen molar-refractivity contribution in [2.45, 2.75) is 26.2 Å². The third kappa shape index (κ3) is 3.20. The minimum atomic E-state index is -0.584. The van der Waals surface area contributed by atoms with Gasteiger partial charge in [0.15, 0.2) is 5.56 Å². The molecule has 1 saturated heterocycles. The average Bonchev–Trinajstić information content (AvgIpc) is 2.82. The SMILES string of the molecule is CCCC(=O)N1CCCN(c2c(C#N)c(=O)n(C)c(=O)n2C)CC1. The molecule has 0 saturated carbocycles. The Balaban J connectivity index is 2.37. The van der Waals surface area contributed by atoms with Crippen LogP contribution in [0.25, 0.3) is 0 Å². The number of nitrogens with zero attached hydrogens (tertiary/aromatic N) is 5. The Morgan fingerprint density at radius 3 is 2.46 bits per heavy atom. The molecule has 0 radical (unpaired) electrons. The lowest BCUT2D eigenvalue weighted by Gasteiger charge is -2.26. The zero-order valence-corrected chi connectivity index (χ0v) is 14.4. The van der Waals surface area contributed by atoms with Gasteiger partial charge in [0, 0.05) is 46.7 Å². The third-order valence-corrected chi connectivity index (χ3v) is 4.36. The molecule has 1 aromatic heterocycles. The van der Waals surface area contributed by atoms with Crippen LogP contribution in [0.1, 0.15) is 31.7 Å². The second kappa shape index (κ2) is 7.34. The maximum Gasteiger partial charge on any atom is 0.332 e. The smallest absolute Gasteiger partial charge is 0.332 e. The van der Waals surface area contributed by atoms with E-state index in [4.69, 9.17) is 0 Å². The van der Waals surface area contributed by atoms with E-state index in [2.05, 4.69) is 0 Å². The molecule has 0 bridgehead atoms. The van der Waals surface area contributed by atoms with Gasteiger partial charge in [-0.2, -0.15) is 5.26 Å². The summed E-state index contributed by atoms with van der Waals surface area (Å²) < 4.78 is 2.28. The lowest BCUT2D eigenvalue weighted by molar-refractivity contribution is -0.131. The Morgan fingerprint density at radius 1 is 1.12 bits per heavy atom. The highest BCUT2D eigenvalue weighted by molar-refractivity contribution is 5.76. The van der Waals surface area contributed by atoms with Crippen LogP contribution in [0.15, 0.2) is 9.59 Å². The first-order chi connectivity index (χ1) is 11.4. The highest BCUT2D eigenvalue weighted by Crippen LogP contribution is 2.17. The van der Waals surface area contributed by atoms with Gasteiger partial charge in [0.05, 0.1) is 0 Å². The second-order valence-corrected chi connectivity index (χ2v) is 5.99. The van der Waals surface area contributed by atoms with Crippen molar-refractivity contribution in [1.82, 2.24) is 14.0 Å². The summed E-state index contributed by atoms with van der Waals surface area (Å²) in [6, 6.07) is 1.93. The molecule has 0 aliphatic carbocycles. The maximum absolute atomic E-state index is 12.2. The summed E-state index contributed by atoms with van der Waals surface area (Å²) in [6.07, 6.45) is 2.05. The van der Waals surface area contributed by atoms with E-state index >= 15 is 0 Å². The van der Waals surface area contributed by atoms with Gasteiger partial charge in [-0.25, -0.2) is 4.79 Å². The summed E-state index contributed by atoms with van der Waals surface area (Å²) in [7, 11) is 2.92. The third-order valence-electron chi connectivity index (χ3n) is 4.36. The molecule has 0 aromatic carbocycles. The molecule has 8 nitrogen and oxygen atoms in total. The van der Waals surface area contributed by atoms with Crippen LogP contribution in [0.2, 0.25) is 0 Å². The lowest BCUT2D eigenvalue weighted by atomic mass is 10.2. The largest absolute Gasteiger partial charge is 0.355 e. The first-order valence-corrected chi connectivity index (χ1v) is 8.15. The Bertz CT molecular complexity index is 787. The van der Waals surface area contributed by atoms with Crippen molar-refractivity contribution in [2.75, 3.05) is 31.1 Å². The van der Waals surface area contributed by atoms with E-state index in [1.807, 2.05) is 22.8 Å². The predicted octanol–water partition coefficient (Wildman–Crippen LogP) is -0.206.